The molecule has 0 aromatic rings. The molecule has 144 valence electrons. The van der Waals surface area contributed by atoms with Crippen molar-refractivity contribution >= 4 is 8.07 Å². The van der Waals surface area contributed by atoms with Crippen molar-refractivity contribution in [1.29, 1.82) is 0 Å². The lowest BCUT2D eigenvalue weighted by atomic mass is 10.0. The molecule has 0 bridgehead atoms. The number of hydrogen-bond acceptors (Lipinski definition) is 0. The molecule has 0 spiro atoms. The number of allylic oxidation sites excluding steroid dienone is 1. The van der Waals surface area contributed by atoms with Crippen LogP contribution in [0.2, 0.25) is 19.1 Å². The van der Waals surface area contributed by atoms with Crippen molar-refractivity contribution < 1.29 is 0 Å². The molecule has 0 aliphatic rings. The zero-order chi connectivity index (χ0) is 17.9. The van der Waals surface area contributed by atoms with E-state index in [0.29, 0.717) is 0 Å². The third-order valence-electron chi connectivity index (χ3n) is 5.29. The average Bonchev–Trinajstić information content (AvgIpc) is 2.54. The zero-order valence-electron chi connectivity index (χ0n) is 17.7. The van der Waals surface area contributed by atoms with E-state index in [1.165, 1.54) is 109 Å². The minimum Gasteiger partial charge on any atom is -0.0989 e. The monoisotopic (exact) mass is 352 g/mol. The fraction of sp³-hybridized carbons (Fsp3) is 0.913. The molecule has 0 atom stereocenters. The zero-order valence-corrected chi connectivity index (χ0v) is 18.7. The first kappa shape index (κ1) is 24.0. The van der Waals surface area contributed by atoms with Gasteiger partial charge in [0, 0.05) is 0 Å². The summed E-state index contributed by atoms with van der Waals surface area (Å²) < 4.78 is 0. The van der Waals surface area contributed by atoms with E-state index in [1.54, 1.807) is 0 Å². The van der Waals surface area contributed by atoms with Gasteiger partial charge in [0.15, 0.2) is 0 Å². The van der Waals surface area contributed by atoms with Crippen molar-refractivity contribution in [2.75, 3.05) is 0 Å². The Balaban J connectivity index is 3.13. The van der Waals surface area contributed by atoms with Crippen LogP contribution < -0.4 is 0 Å². The molecule has 0 radical (unpaired) electrons. The van der Waals surface area contributed by atoms with Gasteiger partial charge in [0.25, 0.3) is 0 Å². The third kappa shape index (κ3) is 18.3. The summed E-state index contributed by atoms with van der Waals surface area (Å²) in [5.74, 6) is 0. The van der Waals surface area contributed by atoms with Crippen LogP contribution in [0.25, 0.3) is 0 Å². The molecule has 1 heteroatoms. The summed E-state index contributed by atoms with van der Waals surface area (Å²) in [6, 6.07) is 1.48. The molecule has 0 nitrogen and oxygen atoms in total. The average molecular weight is 353 g/mol. The van der Waals surface area contributed by atoms with E-state index in [0.717, 1.165) is 0 Å². The number of unbranched alkanes of at least 4 members (excludes halogenated alkanes) is 15. The fourth-order valence-electron chi connectivity index (χ4n) is 3.66. The topological polar surface area (TPSA) is 0 Å². The molecule has 0 rings (SSSR count). The first-order valence-electron chi connectivity index (χ1n) is 11.3. The summed E-state index contributed by atoms with van der Waals surface area (Å²) in [5.41, 5.74) is 2.50. The summed E-state index contributed by atoms with van der Waals surface area (Å²) in [6.45, 7) is 9.46. The summed E-state index contributed by atoms with van der Waals surface area (Å²) in [4.78, 5) is 0. The van der Waals surface area contributed by atoms with Crippen molar-refractivity contribution in [2.24, 2.45) is 0 Å². The molecule has 0 aliphatic heterocycles. The highest BCUT2D eigenvalue weighted by molar-refractivity contribution is 6.82. The maximum absolute atomic E-state index is 2.50. The van der Waals surface area contributed by atoms with Crippen LogP contribution in [0.4, 0.5) is 0 Å². The first-order chi connectivity index (χ1) is 11.6. The van der Waals surface area contributed by atoms with Crippen LogP contribution in [0, 0.1) is 0 Å². The van der Waals surface area contributed by atoms with Crippen LogP contribution in [0.5, 0.6) is 0 Å². The molecule has 0 saturated heterocycles. The van der Waals surface area contributed by atoms with Crippen molar-refractivity contribution in [3.05, 3.63) is 11.8 Å². The van der Waals surface area contributed by atoms with Gasteiger partial charge in [-0.15, -0.1) is 0 Å². The standard InChI is InChI=1S/C23H48Si/c1-5-7-8-9-10-11-12-13-14-15-16-17-18-19-20-21-23-24(3,4)22-6-2/h6,22H,5,7-21,23H2,1-4H3. The van der Waals surface area contributed by atoms with Gasteiger partial charge in [0.2, 0.25) is 0 Å². The van der Waals surface area contributed by atoms with Gasteiger partial charge in [0.1, 0.15) is 0 Å². The fourth-order valence-corrected chi connectivity index (χ4v) is 5.89. The first-order valence-corrected chi connectivity index (χ1v) is 14.5. The highest BCUT2D eigenvalue weighted by atomic mass is 28.3. The Hall–Kier alpha value is -0.0431. The van der Waals surface area contributed by atoms with E-state index in [2.05, 4.69) is 38.7 Å². The van der Waals surface area contributed by atoms with E-state index < -0.39 is 8.07 Å². The molecule has 0 saturated carbocycles. The molecule has 24 heavy (non-hydrogen) atoms. The Kier molecular flexibility index (Phi) is 17.7. The summed E-state index contributed by atoms with van der Waals surface area (Å²) in [6.07, 6.45) is 25.7. The van der Waals surface area contributed by atoms with E-state index in [1.807, 2.05) is 0 Å². The Morgan fingerprint density at radius 3 is 1.21 bits per heavy atom. The Morgan fingerprint density at radius 1 is 0.542 bits per heavy atom. The minimum atomic E-state index is -0.991. The Bertz CT molecular complexity index is 267. The molecular formula is C23H48Si. The summed E-state index contributed by atoms with van der Waals surface area (Å²) >= 11 is 0. The van der Waals surface area contributed by atoms with Gasteiger partial charge in [-0.2, -0.15) is 0 Å². The Morgan fingerprint density at radius 2 is 0.875 bits per heavy atom. The molecule has 0 aromatic carbocycles. The lowest BCUT2D eigenvalue weighted by Gasteiger charge is -2.17. The molecule has 0 fully saturated rings. The lowest BCUT2D eigenvalue weighted by Crippen LogP contribution is -2.21. The van der Waals surface area contributed by atoms with Gasteiger partial charge in [-0.1, -0.05) is 141 Å². The third-order valence-corrected chi connectivity index (χ3v) is 8.17. The van der Waals surface area contributed by atoms with Gasteiger partial charge >= 0.3 is 0 Å². The number of rotatable bonds is 18. The van der Waals surface area contributed by atoms with Gasteiger partial charge in [0.05, 0.1) is 8.07 Å². The molecule has 0 unspecified atom stereocenters. The SMILES string of the molecule is CC=C[Si](C)(C)CCCCCCCCCCCCCCCCCC. The van der Waals surface area contributed by atoms with Gasteiger partial charge in [-0.3, -0.25) is 0 Å². The predicted molar refractivity (Wildman–Crippen MR) is 117 cm³/mol. The largest absolute Gasteiger partial charge is 0.0989 e. The van der Waals surface area contributed by atoms with Crippen molar-refractivity contribution in [1.82, 2.24) is 0 Å². The smallest absolute Gasteiger partial charge is 0.0713 e. The quantitative estimate of drug-likeness (QED) is 0.170. The van der Waals surface area contributed by atoms with E-state index in [9.17, 15) is 0 Å². The van der Waals surface area contributed by atoms with Gasteiger partial charge in [-0.25, -0.2) is 0 Å². The van der Waals surface area contributed by atoms with Crippen LogP contribution in [0.1, 0.15) is 117 Å². The lowest BCUT2D eigenvalue weighted by molar-refractivity contribution is 0.531. The van der Waals surface area contributed by atoms with Gasteiger partial charge < -0.3 is 0 Å². The van der Waals surface area contributed by atoms with Crippen LogP contribution >= 0.6 is 0 Å². The Labute approximate surface area is 155 Å². The van der Waals surface area contributed by atoms with Gasteiger partial charge in [-0.05, 0) is 6.92 Å². The second-order valence-corrected chi connectivity index (χ2v) is 13.4. The normalized spacial score (nSPS) is 12.3. The predicted octanol–water partition coefficient (Wildman–Crippen LogP) is 9.07. The molecular weight excluding hydrogens is 304 g/mol. The highest BCUT2D eigenvalue weighted by Gasteiger charge is 2.14. The van der Waals surface area contributed by atoms with E-state index in [4.69, 9.17) is 0 Å². The van der Waals surface area contributed by atoms with Crippen LogP contribution in [0.15, 0.2) is 11.8 Å². The van der Waals surface area contributed by atoms with Crippen molar-refractivity contribution in [3.8, 4) is 0 Å². The molecule has 0 aliphatic carbocycles. The maximum Gasteiger partial charge on any atom is 0.0713 e. The van der Waals surface area contributed by atoms with Crippen LogP contribution in [-0.4, -0.2) is 8.07 Å². The molecule has 0 N–H and O–H groups in total. The van der Waals surface area contributed by atoms with Crippen LogP contribution in [-0.2, 0) is 0 Å². The highest BCUT2D eigenvalue weighted by Crippen LogP contribution is 2.18. The van der Waals surface area contributed by atoms with Crippen molar-refractivity contribution in [2.45, 2.75) is 136 Å². The van der Waals surface area contributed by atoms with E-state index >= 15 is 0 Å². The molecule has 0 aromatic heterocycles. The number of hydrogen-bond donors (Lipinski definition) is 0. The van der Waals surface area contributed by atoms with E-state index in [-0.39, 0.29) is 0 Å². The minimum absolute atomic E-state index is 0.991. The van der Waals surface area contributed by atoms with Crippen LogP contribution in [0.3, 0.4) is 0 Å². The second-order valence-electron chi connectivity index (χ2n) is 8.54. The molecule has 0 heterocycles. The van der Waals surface area contributed by atoms with Crippen molar-refractivity contribution in [3.63, 3.8) is 0 Å². The molecule has 0 amide bonds. The summed E-state index contributed by atoms with van der Waals surface area (Å²) in [7, 11) is -0.991. The summed E-state index contributed by atoms with van der Waals surface area (Å²) in [5, 5.41) is 0. The maximum atomic E-state index is 2.50. The second kappa shape index (κ2) is 17.8.